The first-order valence-corrected chi connectivity index (χ1v) is 14.0. The van der Waals surface area contributed by atoms with Crippen molar-refractivity contribution in [1.82, 2.24) is 9.71 Å². The molecule has 5 rings (SSSR count). The van der Waals surface area contributed by atoms with Crippen LogP contribution in [0, 0.1) is 0 Å². The molecule has 2 heterocycles. The minimum atomic E-state index is -3.93. The van der Waals surface area contributed by atoms with Crippen LogP contribution in [0.3, 0.4) is 0 Å². The molecular formula is C27H26N4O3S2. The lowest BCUT2D eigenvalue weighted by Crippen LogP contribution is -2.46. The van der Waals surface area contributed by atoms with Crippen molar-refractivity contribution in [3.8, 4) is 11.3 Å². The van der Waals surface area contributed by atoms with Gasteiger partial charge in [-0.05, 0) is 24.3 Å². The molecule has 1 amide bonds. The van der Waals surface area contributed by atoms with Gasteiger partial charge in [0.15, 0.2) is 5.13 Å². The molecule has 1 aromatic heterocycles. The van der Waals surface area contributed by atoms with Crippen molar-refractivity contribution in [2.24, 2.45) is 0 Å². The first-order valence-electron chi connectivity index (χ1n) is 11.7. The van der Waals surface area contributed by atoms with E-state index in [2.05, 4.69) is 26.7 Å². The Kier molecular flexibility index (Phi) is 7.02. The monoisotopic (exact) mass is 518 g/mol. The standard InChI is InChI=1S/C27H26N4O3S2/c32-25(29-36(33,34)23-14-8-3-9-15-23)20-24-26(21-10-4-1-5-11-21)28-27(35-24)31-18-16-30(17-19-31)22-12-6-2-7-13-22/h1-15H,16-20H2,(H,29,32). The van der Waals surface area contributed by atoms with Gasteiger partial charge < -0.3 is 9.80 Å². The lowest BCUT2D eigenvalue weighted by Gasteiger charge is -2.36. The van der Waals surface area contributed by atoms with Crippen LogP contribution in [0.4, 0.5) is 10.8 Å². The number of carbonyl (C=O) groups is 1. The summed E-state index contributed by atoms with van der Waals surface area (Å²) in [5.74, 6) is -0.583. The molecule has 0 unspecified atom stereocenters. The molecule has 0 saturated carbocycles. The van der Waals surface area contributed by atoms with E-state index in [9.17, 15) is 13.2 Å². The molecule has 1 aliphatic heterocycles. The summed E-state index contributed by atoms with van der Waals surface area (Å²) in [6.45, 7) is 3.36. The zero-order chi connectivity index (χ0) is 25.0. The Morgan fingerprint density at radius 1 is 0.806 bits per heavy atom. The van der Waals surface area contributed by atoms with E-state index in [1.54, 1.807) is 18.2 Å². The van der Waals surface area contributed by atoms with Crippen LogP contribution in [0.5, 0.6) is 0 Å². The second-order valence-corrected chi connectivity index (χ2v) is 11.2. The average Bonchev–Trinajstić information content (AvgIpc) is 3.33. The van der Waals surface area contributed by atoms with Crippen molar-refractivity contribution >= 4 is 38.1 Å². The maximum absolute atomic E-state index is 12.8. The van der Waals surface area contributed by atoms with Gasteiger partial charge in [-0.3, -0.25) is 4.79 Å². The Bertz CT molecular complexity index is 1420. The number of benzene rings is 3. The topological polar surface area (TPSA) is 82.6 Å². The fraction of sp³-hybridized carbons (Fsp3) is 0.185. The minimum Gasteiger partial charge on any atom is -0.368 e. The molecule has 1 aliphatic rings. The van der Waals surface area contributed by atoms with Gasteiger partial charge in [-0.1, -0.05) is 66.7 Å². The van der Waals surface area contributed by atoms with Crippen molar-refractivity contribution < 1.29 is 13.2 Å². The van der Waals surface area contributed by atoms with E-state index >= 15 is 0 Å². The van der Waals surface area contributed by atoms with E-state index in [0.29, 0.717) is 5.69 Å². The van der Waals surface area contributed by atoms with E-state index in [1.807, 2.05) is 48.5 Å². The van der Waals surface area contributed by atoms with E-state index < -0.39 is 15.9 Å². The van der Waals surface area contributed by atoms with Crippen LogP contribution >= 0.6 is 11.3 Å². The third-order valence-corrected chi connectivity index (χ3v) is 8.53. The fourth-order valence-electron chi connectivity index (χ4n) is 4.20. The highest BCUT2D eigenvalue weighted by Gasteiger charge is 2.25. The maximum Gasteiger partial charge on any atom is 0.264 e. The largest absolute Gasteiger partial charge is 0.368 e. The Morgan fingerprint density at radius 3 is 2.00 bits per heavy atom. The number of sulfonamides is 1. The molecule has 36 heavy (non-hydrogen) atoms. The lowest BCUT2D eigenvalue weighted by atomic mass is 10.1. The Hall–Kier alpha value is -3.69. The summed E-state index contributed by atoms with van der Waals surface area (Å²) in [6.07, 6.45) is -0.0715. The number of hydrogen-bond acceptors (Lipinski definition) is 7. The predicted molar refractivity (Wildman–Crippen MR) is 144 cm³/mol. The van der Waals surface area contributed by atoms with E-state index in [-0.39, 0.29) is 11.3 Å². The summed E-state index contributed by atoms with van der Waals surface area (Å²) >= 11 is 1.45. The van der Waals surface area contributed by atoms with Crippen molar-refractivity contribution in [1.29, 1.82) is 0 Å². The number of nitrogens with one attached hydrogen (secondary N) is 1. The van der Waals surface area contributed by atoms with Gasteiger partial charge in [0.2, 0.25) is 5.91 Å². The van der Waals surface area contributed by atoms with Gasteiger partial charge in [0.05, 0.1) is 17.0 Å². The second kappa shape index (κ2) is 10.5. The molecule has 4 aromatic rings. The van der Waals surface area contributed by atoms with Crippen LogP contribution in [0.15, 0.2) is 95.9 Å². The number of nitrogens with zero attached hydrogens (tertiary/aromatic N) is 3. The molecule has 1 N–H and O–H groups in total. The second-order valence-electron chi connectivity index (χ2n) is 8.46. The Morgan fingerprint density at radius 2 is 1.36 bits per heavy atom. The number of rotatable bonds is 7. The molecule has 1 fully saturated rings. The molecule has 9 heteroatoms. The average molecular weight is 519 g/mol. The molecule has 7 nitrogen and oxygen atoms in total. The SMILES string of the molecule is O=C(Cc1sc(N2CCN(c3ccccc3)CC2)nc1-c1ccccc1)NS(=O)(=O)c1ccccc1. The molecule has 0 spiro atoms. The van der Waals surface area contributed by atoms with E-state index in [4.69, 9.17) is 4.98 Å². The normalized spacial score (nSPS) is 14.0. The van der Waals surface area contributed by atoms with Gasteiger partial charge in [-0.15, -0.1) is 11.3 Å². The highest BCUT2D eigenvalue weighted by molar-refractivity contribution is 7.90. The number of para-hydroxylation sites is 1. The van der Waals surface area contributed by atoms with Crippen LogP contribution in [-0.4, -0.2) is 45.5 Å². The van der Waals surface area contributed by atoms with Gasteiger partial charge in [-0.25, -0.2) is 18.1 Å². The lowest BCUT2D eigenvalue weighted by molar-refractivity contribution is -0.118. The third kappa shape index (κ3) is 5.42. The summed E-state index contributed by atoms with van der Waals surface area (Å²) in [5, 5.41) is 0.843. The number of aromatic nitrogens is 1. The van der Waals surface area contributed by atoms with Gasteiger partial charge >= 0.3 is 0 Å². The smallest absolute Gasteiger partial charge is 0.264 e. The molecule has 0 bridgehead atoms. The van der Waals surface area contributed by atoms with Crippen LogP contribution in [0.25, 0.3) is 11.3 Å². The van der Waals surface area contributed by atoms with Crippen molar-refractivity contribution in [3.05, 3.63) is 95.9 Å². The summed E-state index contributed by atoms with van der Waals surface area (Å²) in [6, 6.07) is 27.9. The zero-order valence-electron chi connectivity index (χ0n) is 19.6. The summed E-state index contributed by atoms with van der Waals surface area (Å²) in [7, 11) is -3.93. The summed E-state index contributed by atoms with van der Waals surface area (Å²) < 4.78 is 27.5. The van der Waals surface area contributed by atoms with Crippen molar-refractivity contribution in [2.75, 3.05) is 36.0 Å². The van der Waals surface area contributed by atoms with Crippen LogP contribution < -0.4 is 14.5 Å². The van der Waals surface area contributed by atoms with Crippen molar-refractivity contribution in [2.45, 2.75) is 11.3 Å². The van der Waals surface area contributed by atoms with Gasteiger partial charge in [0, 0.05) is 42.3 Å². The quantitative estimate of drug-likeness (QED) is 0.395. The Balaban J connectivity index is 1.35. The van der Waals surface area contributed by atoms with E-state index in [1.165, 1.54) is 29.2 Å². The van der Waals surface area contributed by atoms with Gasteiger partial charge in [0.1, 0.15) is 0 Å². The highest BCUT2D eigenvalue weighted by Crippen LogP contribution is 2.34. The highest BCUT2D eigenvalue weighted by atomic mass is 32.2. The van der Waals surface area contributed by atoms with Gasteiger partial charge in [-0.2, -0.15) is 0 Å². The van der Waals surface area contributed by atoms with Crippen LogP contribution in [-0.2, 0) is 21.2 Å². The molecular weight excluding hydrogens is 492 g/mol. The number of thiazole rings is 1. The van der Waals surface area contributed by atoms with Crippen molar-refractivity contribution in [3.63, 3.8) is 0 Å². The predicted octanol–water partition coefficient (Wildman–Crippen LogP) is 4.18. The summed E-state index contributed by atoms with van der Waals surface area (Å²) in [4.78, 5) is 23.1. The first-order chi connectivity index (χ1) is 17.5. The molecule has 0 radical (unpaired) electrons. The third-order valence-electron chi connectivity index (χ3n) is 6.03. The van der Waals surface area contributed by atoms with E-state index in [0.717, 1.165) is 41.8 Å². The zero-order valence-corrected chi connectivity index (χ0v) is 21.2. The number of carbonyl (C=O) groups excluding carboxylic acids is 1. The molecule has 3 aromatic carbocycles. The summed E-state index contributed by atoms with van der Waals surface area (Å²) in [5.41, 5.74) is 2.82. The Labute approximate surface area is 215 Å². The minimum absolute atomic E-state index is 0.0583. The molecule has 184 valence electrons. The first kappa shape index (κ1) is 24.0. The molecule has 0 aliphatic carbocycles. The maximum atomic E-state index is 12.8. The number of piperazine rings is 1. The number of hydrogen-bond donors (Lipinski definition) is 1. The number of amides is 1. The number of anilines is 2. The van der Waals surface area contributed by atoms with Crippen LogP contribution in [0.2, 0.25) is 0 Å². The molecule has 0 atom stereocenters. The van der Waals surface area contributed by atoms with Gasteiger partial charge in [0.25, 0.3) is 10.0 Å². The van der Waals surface area contributed by atoms with Crippen LogP contribution in [0.1, 0.15) is 4.88 Å². The fourth-order valence-corrected chi connectivity index (χ4v) is 6.34. The molecule has 1 saturated heterocycles.